The van der Waals surface area contributed by atoms with E-state index in [1.807, 2.05) is 31.1 Å². The lowest BCUT2D eigenvalue weighted by atomic mass is 10.1. The Kier molecular flexibility index (Phi) is 5.57. The minimum absolute atomic E-state index is 0.563. The van der Waals surface area contributed by atoms with Crippen LogP contribution < -0.4 is 5.32 Å². The Morgan fingerprint density at radius 1 is 1.31 bits per heavy atom. The largest absolute Gasteiger partial charge is 0.357 e. The molecule has 9 heteroatoms. The molecule has 2 heterocycles. The van der Waals surface area contributed by atoms with Crippen LogP contribution in [-0.4, -0.2) is 54.4 Å². The monoisotopic (exact) mass is 353 g/mol. The molecule has 2 N–H and O–H groups in total. The van der Waals surface area contributed by atoms with Gasteiger partial charge in [-0.05, 0) is 18.6 Å². The number of hydrogen-bond donors (Lipinski definition) is 2. The van der Waals surface area contributed by atoms with Crippen molar-refractivity contribution in [3.8, 4) is 11.4 Å². The highest BCUT2D eigenvalue weighted by molar-refractivity contribution is 5.79. The third-order valence-electron chi connectivity index (χ3n) is 3.91. The average molecular weight is 353 g/mol. The van der Waals surface area contributed by atoms with Gasteiger partial charge in [-0.2, -0.15) is 10.2 Å². The van der Waals surface area contributed by atoms with E-state index in [1.54, 1.807) is 11.0 Å². The zero-order chi connectivity index (χ0) is 18.4. The van der Waals surface area contributed by atoms with Gasteiger partial charge in [0.15, 0.2) is 11.8 Å². The van der Waals surface area contributed by atoms with Gasteiger partial charge in [0.2, 0.25) is 0 Å². The Bertz CT molecular complexity index is 851. The fourth-order valence-electron chi connectivity index (χ4n) is 2.55. The van der Waals surface area contributed by atoms with E-state index in [0.717, 1.165) is 35.3 Å². The fourth-order valence-corrected chi connectivity index (χ4v) is 2.55. The van der Waals surface area contributed by atoms with Gasteiger partial charge in [-0.1, -0.05) is 18.2 Å². The molecule has 0 spiro atoms. The van der Waals surface area contributed by atoms with Crippen LogP contribution in [0.3, 0.4) is 0 Å². The van der Waals surface area contributed by atoms with E-state index in [-0.39, 0.29) is 0 Å². The van der Waals surface area contributed by atoms with E-state index in [2.05, 4.69) is 49.6 Å². The van der Waals surface area contributed by atoms with Gasteiger partial charge in [-0.15, -0.1) is 0 Å². The Morgan fingerprint density at radius 2 is 2.19 bits per heavy atom. The second-order valence-corrected chi connectivity index (χ2v) is 5.86. The standard InChI is InChI=1S/C17H23N9/c1-4-18-17(25(2)10-15-20-12-23-26(15)3)19-9-13-6-5-7-14(8-13)16-21-11-22-24-16/h5-8,11-12H,4,9-10H2,1-3H3,(H,18,19)(H,21,22,24). The Hall–Kier alpha value is -3.23. The number of aromatic amines is 1. The number of H-pyrrole nitrogens is 1. The molecular weight excluding hydrogens is 330 g/mol. The van der Waals surface area contributed by atoms with Crippen molar-refractivity contribution in [3.63, 3.8) is 0 Å². The maximum absolute atomic E-state index is 4.74. The van der Waals surface area contributed by atoms with Crippen molar-refractivity contribution in [2.75, 3.05) is 13.6 Å². The van der Waals surface area contributed by atoms with Crippen LogP contribution in [0.25, 0.3) is 11.4 Å². The van der Waals surface area contributed by atoms with Gasteiger partial charge in [0.25, 0.3) is 0 Å². The summed E-state index contributed by atoms with van der Waals surface area (Å²) in [6, 6.07) is 8.11. The van der Waals surface area contributed by atoms with Gasteiger partial charge >= 0.3 is 0 Å². The molecule has 0 atom stereocenters. The summed E-state index contributed by atoms with van der Waals surface area (Å²) >= 11 is 0. The van der Waals surface area contributed by atoms with Crippen LogP contribution in [0.2, 0.25) is 0 Å². The molecule has 2 aromatic heterocycles. The maximum atomic E-state index is 4.74. The topological polar surface area (TPSA) is 99.9 Å². The Balaban J connectivity index is 1.73. The Morgan fingerprint density at radius 3 is 2.88 bits per heavy atom. The van der Waals surface area contributed by atoms with Gasteiger partial charge < -0.3 is 10.2 Å². The van der Waals surface area contributed by atoms with E-state index in [1.165, 1.54) is 6.33 Å². The number of guanidine groups is 1. The molecule has 9 nitrogen and oxygen atoms in total. The zero-order valence-corrected chi connectivity index (χ0v) is 15.2. The molecule has 0 bridgehead atoms. The summed E-state index contributed by atoms with van der Waals surface area (Å²) in [6.07, 6.45) is 3.06. The normalized spacial score (nSPS) is 11.6. The maximum Gasteiger partial charge on any atom is 0.194 e. The fraction of sp³-hybridized carbons (Fsp3) is 0.353. The number of aromatic nitrogens is 6. The first-order chi connectivity index (χ1) is 12.7. The number of nitrogens with zero attached hydrogens (tertiary/aromatic N) is 7. The summed E-state index contributed by atoms with van der Waals surface area (Å²) in [5, 5.41) is 14.2. The minimum atomic E-state index is 0.563. The summed E-state index contributed by atoms with van der Waals surface area (Å²) in [4.78, 5) is 15.2. The lowest BCUT2D eigenvalue weighted by molar-refractivity contribution is 0.448. The van der Waals surface area contributed by atoms with Crippen molar-refractivity contribution >= 4 is 5.96 Å². The van der Waals surface area contributed by atoms with E-state index in [9.17, 15) is 0 Å². The molecule has 3 aromatic rings. The van der Waals surface area contributed by atoms with Crippen LogP contribution in [-0.2, 0) is 20.1 Å². The molecule has 0 fully saturated rings. The summed E-state index contributed by atoms with van der Waals surface area (Å²) in [5.41, 5.74) is 2.09. The summed E-state index contributed by atoms with van der Waals surface area (Å²) in [6.45, 7) is 4.03. The highest BCUT2D eigenvalue weighted by Gasteiger charge is 2.10. The highest BCUT2D eigenvalue weighted by Crippen LogP contribution is 2.16. The van der Waals surface area contributed by atoms with Crippen molar-refractivity contribution in [3.05, 3.63) is 48.3 Å². The lowest BCUT2D eigenvalue weighted by Gasteiger charge is -2.21. The van der Waals surface area contributed by atoms with Crippen LogP contribution in [0.5, 0.6) is 0 Å². The first-order valence-corrected chi connectivity index (χ1v) is 8.44. The summed E-state index contributed by atoms with van der Waals surface area (Å²) in [7, 11) is 3.87. The molecule has 0 radical (unpaired) electrons. The first-order valence-electron chi connectivity index (χ1n) is 8.44. The summed E-state index contributed by atoms with van der Waals surface area (Å²) in [5.74, 6) is 2.45. The third kappa shape index (κ3) is 4.24. The number of rotatable bonds is 6. The molecule has 0 aliphatic heterocycles. The lowest BCUT2D eigenvalue weighted by Crippen LogP contribution is -2.39. The third-order valence-corrected chi connectivity index (χ3v) is 3.91. The van der Waals surface area contributed by atoms with E-state index in [4.69, 9.17) is 4.99 Å². The van der Waals surface area contributed by atoms with Crippen LogP contribution in [0.15, 0.2) is 41.9 Å². The van der Waals surface area contributed by atoms with Crippen LogP contribution in [0.4, 0.5) is 0 Å². The number of aliphatic imine (C=N–C) groups is 1. The van der Waals surface area contributed by atoms with Gasteiger partial charge in [-0.25, -0.2) is 15.0 Å². The number of nitrogens with one attached hydrogen (secondary N) is 2. The molecule has 1 aromatic carbocycles. The SMILES string of the molecule is CCNC(=NCc1cccc(-c2ncn[nH]2)c1)N(C)Cc1ncnn1C. The van der Waals surface area contributed by atoms with Crippen molar-refractivity contribution in [2.45, 2.75) is 20.0 Å². The molecule has 0 unspecified atom stereocenters. The number of benzene rings is 1. The van der Waals surface area contributed by atoms with Crippen molar-refractivity contribution < 1.29 is 0 Å². The quantitative estimate of drug-likeness (QED) is 0.510. The first kappa shape index (κ1) is 17.6. The van der Waals surface area contributed by atoms with Crippen LogP contribution in [0.1, 0.15) is 18.3 Å². The van der Waals surface area contributed by atoms with Gasteiger partial charge in [-0.3, -0.25) is 9.78 Å². The molecule has 0 saturated heterocycles. The second kappa shape index (κ2) is 8.24. The minimum Gasteiger partial charge on any atom is -0.357 e. The predicted octanol–water partition coefficient (Wildman–Crippen LogP) is 1.20. The summed E-state index contributed by atoms with van der Waals surface area (Å²) < 4.78 is 1.76. The van der Waals surface area contributed by atoms with Crippen LogP contribution >= 0.6 is 0 Å². The van der Waals surface area contributed by atoms with Crippen molar-refractivity contribution in [1.29, 1.82) is 0 Å². The molecule has 3 rings (SSSR count). The average Bonchev–Trinajstić information content (AvgIpc) is 3.31. The van der Waals surface area contributed by atoms with Gasteiger partial charge in [0.1, 0.15) is 18.5 Å². The van der Waals surface area contributed by atoms with Gasteiger partial charge in [0.05, 0.1) is 13.1 Å². The number of hydrogen-bond acceptors (Lipinski definition) is 5. The zero-order valence-electron chi connectivity index (χ0n) is 15.2. The molecule has 0 aliphatic carbocycles. The molecule has 136 valence electrons. The second-order valence-electron chi connectivity index (χ2n) is 5.86. The molecular formula is C17H23N9. The highest BCUT2D eigenvalue weighted by atomic mass is 15.4. The molecule has 26 heavy (non-hydrogen) atoms. The van der Waals surface area contributed by atoms with E-state index >= 15 is 0 Å². The molecule has 0 aliphatic rings. The van der Waals surface area contributed by atoms with Gasteiger partial charge in [0, 0.05) is 26.2 Å². The van der Waals surface area contributed by atoms with Crippen LogP contribution in [0, 0.1) is 0 Å². The smallest absolute Gasteiger partial charge is 0.194 e. The van der Waals surface area contributed by atoms with Crippen molar-refractivity contribution in [2.24, 2.45) is 12.0 Å². The predicted molar refractivity (Wildman–Crippen MR) is 99.1 cm³/mol. The van der Waals surface area contributed by atoms with E-state index < -0.39 is 0 Å². The molecule has 0 saturated carbocycles. The number of aryl methyl sites for hydroxylation is 1. The van der Waals surface area contributed by atoms with E-state index in [0.29, 0.717) is 13.1 Å². The molecule has 0 amide bonds. The Labute approximate surface area is 152 Å². The van der Waals surface area contributed by atoms with Crippen molar-refractivity contribution in [1.82, 2.24) is 40.2 Å².